The number of rotatable bonds is 3. The fourth-order valence-corrected chi connectivity index (χ4v) is 2.71. The molecule has 2 atom stereocenters. The molecule has 0 fully saturated rings. The predicted molar refractivity (Wildman–Crippen MR) is 75.6 cm³/mol. The maximum atomic E-state index is 10.4. The molecule has 0 radical (unpaired) electrons. The highest BCUT2D eigenvalue weighted by molar-refractivity contribution is 5.37. The van der Waals surface area contributed by atoms with Gasteiger partial charge in [-0.25, -0.2) is 9.97 Å². The molecule has 2 heterocycles. The van der Waals surface area contributed by atoms with Gasteiger partial charge in [-0.2, -0.15) is 0 Å². The summed E-state index contributed by atoms with van der Waals surface area (Å²) >= 11 is 0. The van der Waals surface area contributed by atoms with E-state index in [1.54, 1.807) is 12.3 Å². The summed E-state index contributed by atoms with van der Waals surface area (Å²) in [6.45, 7) is 2.54. The van der Waals surface area contributed by atoms with Crippen molar-refractivity contribution in [1.82, 2.24) is 9.97 Å². The first-order chi connectivity index (χ1) is 9.74. The molecule has 1 aromatic carbocycles. The smallest absolute Gasteiger partial charge is 0.125 e. The topological polar surface area (TPSA) is 55.2 Å². The normalized spacial score (nSPS) is 19.0. The Hall–Kier alpha value is -1.94. The second-order valence-corrected chi connectivity index (χ2v) is 5.15. The van der Waals surface area contributed by atoms with E-state index in [0.29, 0.717) is 30.5 Å². The second kappa shape index (κ2) is 5.59. The Morgan fingerprint density at radius 2 is 2.20 bits per heavy atom. The van der Waals surface area contributed by atoms with E-state index in [0.717, 1.165) is 12.2 Å². The molecular formula is C16H18N2O2. The van der Waals surface area contributed by atoms with Crippen LogP contribution >= 0.6 is 0 Å². The van der Waals surface area contributed by atoms with Crippen molar-refractivity contribution in [2.45, 2.75) is 31.8 Å². The lowest BCUT2D eigenvalue weighted by molar-refractivity contribution is 0.141. The van der Waals surface area contributed by atoms with Crippen molar-refractivity contribution in [3.8, 4) is 5.75 Å². The highest BCUT2D eigenvalue weighted by Gasteiger charge is 2.24. The maximum Gasteiger partial charge on any atom is 0.125 e. The van der Waals surface area contributed by atoms with Gasteiger partial charge in [-0.15, -0.1) is 0 Å². The van der Waals surface area contributed by atoms with Crippen LogP contribution in [0.3, 0.4) is 0 Å². The fourth-order valence-electron chi connectivity index (χ4n) is 2.71. The minimum atomic E-state index is -0.562. The Labute approximate surface area is 118 Å². The molecule has 0 bridgehead atoms. The molecule has 0 spiro atoms. The molecule has 1 N–H and O–H groups in total. The van der Waals surface area contributed by atoms with E-state index in [1.165, 1.54) is 5.56 Å². The Morgan fingerprint density at radius 1 is 1.35 bits per heavy atom. The SMILES string of the molecule is Cc1nccc(C(O)CC2CCOc3ccccc32)n1. The number of aliphatic hydroxyl groups is 1. The number of ether oxygens (including phenoxy) is 1. The first kappa shape index (κ1) is 13.1. The Morgan fingerprint density at radius 3 is 3.05 bits per heavy atom. The number of aryl methyl sites for hydroxylation is 1. The zero-order chi connectivity index (χ0) is 13.9. The van der Waals surface area contributed by atoms with Crippen LogP contribution in [0.2, 0.25) is 0 Å². The molecule has 3 rings (SSSR count). The molecule has 4 nitrogen and oxygen atoms in total. The van der Waals surface area contributed by atoms with Crippen molar-refractivity contribution in [1.29, 1.82) is 0 Å². The summed E-state index contributed by atoms with van der Waals surface area (Å²) < 4.78 is 5.65. The molecule has 0 amide bonds. The molecule has 1 aromatic heterocycles. The van der Waals surface area contributed by atoms with Crippen LogP contribution in [-0.4, -0.2) is 21.7 Å². The Kier molecular flexibility index (Phi) is 3.65. The van der Waals surface area contributed by atoms with Crippen LogP contribution in [-0.2, 0) is 0 Å². The molecule has 0 saturated heterocycles. The average molecular weight is 270 g/mol. The zero-order valence-corrected chi connectivity index (χ0v) is 11.5. The van der Waals surface area contributed by atoms with Crippen molar-refractivity contribution in [3.63, 3.8) is 0 Å². The van der Waals surface area contributed by atoms with Crippen LogP contribution in [0.25, 0.3) is 0 Å². The first-order valence-corrected chi connectivity index (χ1v) is 6.93. The molecule has 2 aromatic rings. The Balaban J connectivity index is 1.79. The lowest BCUT2D eigenvalue weighted by atomic mass is 9.87. The third-order valence-electron chi connectivity index (χ3n) is 3.73. The van der Waals surface area contributed by atoms with Gasteiger partial charge in [0.05, 0.1) is 18.4 Å². The van der Waals surface area contributed by atoms with Crippen LogP contribution < -0.4 is 4.74 Å². The van der Waals surface area contributed by atoms with Gasteiger partial charge >= 0.3 is 0 Å². The van der Waals surface area contributed by atoms with Crippen LogP contribution in [0.15, 0.2) is 36.5 Å². The van der Waals surface area contributed by atoms with Gasteiger partial charge in [-0.05, 0) is 43.4 Å². The summed E-state index contributed by atoms with van der Waals surface area (Å²) in [5, 5.41) is 10.4. The maximum absolute atomic E-state index is 10.4. The molecule has 1 aliphatic heterocycles. The van der Waals surface area contributed by atoms with E-state index in [-0.39, 0.29) is 0 Å². The number of benzene rings is 1. The molecule has 2 unspecified atom stereocenters. The summed E-state index contributed by atoms with van der Waals surface area (Å²) in [6, 6.07) is 9.84. The number of aromatic nitrogens is 2. The molecule has 0 saturated carbocycles. The molecular weight excluding hydrogens is 252 g/mol. The summed E-state index contributed by atoms with van der Waals surface area (Å²) in [7, 11) is 0. The number of aliphatic hydroxyl groups excluding tert-OH is 1. The van der Waals surface area contributed by atoms with Gasteiger partial charge in [-0.3, -0.25) is 0 Å². The van der Waals surface area contributed by atoms with Gasteiger partial charge in [0.25, 0.3) is 0 Å². The summed E-state index contributed by atoms with van der Waals surface area (Å²) in [6.07, 6.45) is 2.72. The summed E-state index contributed by atoms with van der Waals surface area (Å²) in [4.78, 5) is 8.36. The predicted octanol–water partition coefficient (Wildman–Crippen LogP) is 2.77. The Bertz CT molecular complexity index is 601. The lowest BCUT2D eigenvalue weighted by Gasteiger charge is -2.27. The van der Waals surface area contributed by atoms with Crippen molar-refractivity contribution in [2.75, 3.05) is 6.61 Å². The zero-order valence-electron chi connectivity index (χ0n) is 11.5. The van der Waals surface area contributed by atoms with Crippen molar-refractivity contribution in [2.24, 2.45) is 0 Å². The van der Waals surface area contributed by atoms with Crippen molar-refractivity contribution in [3.05, 3.63) is 53.6 Å². The van der Waals surface area contributed by atoms with Crippen molar-refractivity contribution < 1.29 is 9.84 Å². The minimum Gasteiger partial charge on any atom is -0.493 e. The van der Waals surface area contributed by atoms with Gasteiger partial charge in [0.1, 0.15) is 11.6 Å². The molecule has 4 heteroatoms. The standard InChI is InChI=1S/C16H18N2O2/c1-11-17-8-6-14(18-11)15(19)10-12-7-9-20-16-5-3-2-4-13(12)16/h2-6,8,12,15,19H,7,9-10H2,1H3. The molecule has 1 aliphatic rings. The highest BCUT2D eigenvalue weighted by atomic mass is 16.5. The van der Waals surface area contributed by atoms with Gasteiger partial charge in [0.2, 0.25) is 0 Å². The third kappa shape index (κ3) is 2.65. The van der Waals surface area contributed by atoms with Crippen LogP contribution in [0.1, 0.15) is 41.9 Å². The van der Waals surface area contributed by atoms with E-state index in [4.69, 9.17) is 4.74 Å². The third-order valence-corrected chi connectivity index (χ3v) is 3.73. The number of fused-ring (bicyclic) bond motifs is 1. The molecule has 104 valence electrons. The van der Waals surface area contributed by atoms with Crippen LogP contribution in [0, 0.1) is 6.92 Å². The van der Waals surface area contributed by atoms with E-state index in [1.807, 2.05) is 25.1 Å². The van der Waals surface area contributed by atoms with E-state index < -0.39 is 6.10 Å². The van der Waals surface area contributed by atoms with Gasteiger partial charge in [-0.1, -0.05) is 18.2 Å². The monoisotopic (exact) mass is 270 g/mol. The number of nitrogens with zero attached hydrogens (tertiary/aromatic N) is 2. The number of para-hydroxylation sites is 1. The fraction of sp³-hybridized carbons (Fsp3) is 0.375. The van der Waals surface area contributed by atoms with E-state index in [2.05, 4.69) is 16.0 Å². The first-order valence-electron chi connectivity index (χ1n) is 6.93. The second-order valence-electron chi connectivity index (χ2n) is 5.15. The summed E-state index contributed by atoms with van der Waals surface area (Å²) in [5.41, 5.74) is 1.88. The number of hydrogen-bond donors (Lipinski definition) is 1. The van der Waals surface area contributed by atoms with Gasteiger partial charge < -0.3 is 9.84 Å². The van der Waals surface area contributed by atoms with Crippen molar-refractivity contribution >= 4 is 0 Å². The lowest BCUT2D eigenvalue weighted by Crippen LogP contribution is -2.17. The van der Waals surface area contributed by atoms with Gasteiger partial charge in [0, 0.05) is 6.20 Å². The quantitative estimate of drug-likeness (QED) is 0.931. The minimum absolute atomic E-state index is 0.310. The molecule has 0 aliphatic carbocycles. The van der Waals surface area contributed by atoms with Crippen LogP contribution in [0.4, 0.5) is 0 Å². The van der Waals surface area contributed by atoms with Gasteiger partial charge in [0.15, 0.2) is 0 Å². The van der Waals surface area contributed by atoms with E-state index >= 15 is 0 Å². The van der Waals surface area contributed by atoms with Crippen LogP contribution in [0.5, 0.6) is 5.75 Å². The average Bonchev–Trinajstić information content (AvgIpc) is 2.47. The largest absolute Gasteiger partial charge is 0.493 e. The number of hydrogen-bond acceptors (Lipinski definition) is 4. The highest BCUT2D eigenvalue weighted by Crippen LogP contribution is 2.38. The molecule has 20 heavy (non-hydrogen) atoms. The van der Waals surface area contributed by atoms with E-state index in [9.17, 15) is 5.11 Å². The summed E-state index contributed by atoms with van der Waals surface area (Å²) in [5.74, 6) is 1.94.